The second kappa shape index (κ2) is 5.39. The number of hydrogen-bond donors (Lipinski definition) is 0. The first kappa shape index (κ1) is 12.3. The molecule has 0 fully saturated rings. The third-order valence-electron chi connectivity index (χ3n) is 1.04. The Morgan fingerprint density at radius 1 is 1.30 bits per heavy atom. The molecule has 0 nitrogen and oxygen atoms in total. The molecule has 0 bridgehead atoms. The first-order valence-electron chi connectivity index (χ1n) is 3.52. The van der Waals surface area contributed by atoms with E-state index in [1.54, 1.807) is 0 Å². The van der Waals surface area contributed by atoms with Gasteiger partial charge in [-0.25, -0.2) is 8.78 Å². The zero-order valence-electron chi connectivity index (χ0n) is 7.12. The predicted octanol–water partition coefficient (Wildman–Crippen LogP) is 3.49. The number of alkyl halides is 2. The summed E-state index contributed by atoms with van der Waals surface area (Å²) in [6, 6.07) is 0. The molecule has 0 aromatic heterocycles. The van der Waals surface area contributed by atoms with Crippen molar-refractivity contribution >= 4 is 0 Å². The summed E-state index contributed by atoms with van der Waals surface area (Å²) in [6.07, 6.45) is 0.678. The SMILES string of the molecule is C=CC(F)(F)C(C)C.CC. The van der Waals surface area contributed by atoms with Gasteiger partial charge in [0.15, 0.2) is 0 Å². The van der Waals surface area contributed by atoms with Crippen LogP contribution in [0.1, 0.15) is 27.7 Å². The molecule has 0 aromatic carbocycles. The van der Waals surface area contributed by atoms with Crippen molar-refractivity contribution in [1.29, 1.82) is 0 Å². The van der Waals surface area contributed by atoms with Gasteiger partial charge < -0.3 is 0 Å². The molecule has 0 spiro atoms. The van der Waals surface area contributed by atoms with Crippen LogP contribution in [-0.2, 0) is 0 Å². The van der Waals surface area contributed by atoms with Crippen molar-refractivity contribution in [3.63, 3.8) is 0 Å². The summed E-state index contributed by atoms with van der Waals surface area (Å²) in [5.41, 5.74) is 0. The van der Waals surface area contributed by atoms with E-state index in [0.717, 1.165) is 0 Å². The standard InChI is InChI=1S/C6H10F2.C2H6/c1-4-6(7,8)5(2)3;1-2/h4-5H,1H2,2-3H3;1-2H3. The van der Waals surface area contributed by atoms with Gasteiger partial charge in [-0.1, -0.05) is 34.3 Å². The lowest BCUT2D eigenvalue weighted by Crippen LogP contribution is -2.19. The van der Waals surface area contributed by atoms with Crippen molar-refractivity contribution in [1.82, 2.24) is 0 Å². The van der Waals surface area contributed by atoms with Crippen molar-refractivity contribution in [2.75, 3.05) is 0 Å². The average molecular weight is 150 g/mol. The quantitative estimate of drug-likeness (QED) is 0.528. The van der Waals surface area contributed by atoms with Gasteiger partial charge in [0, 0.05) is 5.92 Å². The molecule has 10 heavy (non-hydrogen) atoms. The Bertz CT molecular complexity index is 85.3. The minimum absolute atomic E-state index is 0.639. The summed E-state index contributed by atoms with van der Waals surface area (Å²) in [4.78, 5) is 0. The molecule has 2 heteroatoms. The van der Waals surface area contributed by atoms with Gasteiger partial charge in [-0.15, -0.1) is 0 Å². The van der Waals surface area contributed by atoms with Crippen LogP contribution in [0.3, 0.4) is 0 Å². The van der Waals surface area contributed by atoms with Crippen LogP contribution in [0.5, 0.6) is 0 Å². The average Bonchev–Trinajstić information content (AvgIpc) is 1.92. The zero-order chi connectivity index (χ0) is 8.78. The molecule has 0 saturated heterocycles. The van der Waals surface area contributed by atoms with E-state index < -0.39 is 11.8 Å². The monoisotopic (exact) mass is 150 g/mol. The summed E-state index contributed by atoms with van der Waals surface area (Å²) in [6.45, 7) is 9.92. The van der Waals surface area contributed by atoms with Crippen LogP contribution in [0.15, 0.2) is 12.7 Å². The van der Waals surface area contributed by atoms with Gasteiger partial charge in [-0.2, -0.15) is 0 Å². The van der Waals surface area contributed by atoms with E-state index in [4.69, 9.17) is 0 Å². The fourth-order valence-electron chi connectivity index (χ4n) is 0.236. The molecule has 62 valence electrons. The van der Waals surface area contributed by atoms with Gasteiger partial charge in [-0.3, -0.25) is 0 Å². The highest BCUT2D eigenvalue weighted by molar-refractivity contribution is 4.88. The first-order valence-corrected chi connectivity index (χ1v) is 3.52. The molecular formula is C8H16F2. The van der Waals surface area contributed by atoms with Gasteiger partial charge in [0.05, 0.1) is 0 Å². The van der Waals surface area contributed by atoms with Crippen LogP contribution in [0.4, 0.5) is 8.78 Å². The highest BCUT2D eigenvalue weighted by Crippen LogP contribution is 2.23. The Balaban J connectivity index is 0. The molecule has 0 rings (SSSR count). The summed E-state index contributed by atoms with van der Waals surface area (Å²) < 4.78 is 24.3. The summed E-state index contributed by atoms with van der Waals surface area (Å²) in [5, 5.41) is 0. The van der Waals surface area contributed by atoms with Crippen LogP contribution in [0, 0.1) is 5.92 Å². The summed E-state index contributed by atoms with van der Waals surface area (Å²) >= 11 is 0. The minimum Gasteiger partial charge on any atom is -0.202 e. The molecule has 0 saturated carbocycles. The van der Waals surface area contributed by atoms with Crippen LogP contribution in [0.2, 0.25) is 0 Å². The Morgan fingerprint density at radius 3 is 1.60 bits per heavy atom. The number of rotatable bonds is 2. The van der Waals surface area contributed by atoms with E-state index in [-0.39, 0.29) is 0 Å². The van der Waals surface area contributed by atoms with Crippen molar-refractivity contribution in [2.24, 2.45) is 5.92 Å². The smallest absolute Gasteiger partial charge is 0.202 e. The third-order valence-corrected chi connectivity index (χ3v) is 1.04. The third kappa shape index (κ3) is 4.48. The first-order chi connectivity index (χ1) is 4.50. The molecule has 0 radical (unpaired) electrons. The lowest BCUT2D eigenvalue weighted by Gasteiger charge is -2.14. The maximum Gasteiger partial charge on any atom is 0.268 e. The Labute approximate surface area is 61.9 Å². The van der Waals surface area contributed by atoms with Gasteiger partial charge in [0.2, 0.25) is 0 Å². The van der Waals surface area contributed by atoms with Crippen LogP contribution < -0.4 is 0 Å². The largest absolute Gasteiger partial charge is 0.268 e. The van der Waals surface area contributed by atoms with E-state index >= 15 is 0 Å². The highest BCUT2D eigenvalue weighted by Gasteiger charge is 2.28. The molecule has 0 N–H and O–H groups in total. The Hall–Kier alpha value is -0.400. The molecule has 0 atom stereocenters. The minimum atomic E-state index is -2.69. The normalized spacial score (nSPS) is 10.3. The maximum atomic E-state index is 12.2. The Morgan fingerprint density at radius 2 is 1.60 bits per heavy atom. The van der Waals surface area contributed by atoms with Crippen molar-refractivity contribution in [3.05, 3.63) is 12.7 Å². The van der Waals surface area contributed by atoms with Gasteiger partial charge in [0.25, 0.3) is 5.92 Å². The highest BCUT2D eigenvalue weighted by atomic mass is 19.3. The van der Waals surface area contributed by atoms with Crippen molar-refractivity contribution < 1.29 is 8.78 Å². The topological polar surface area (TPSA) is 0 Å². The predicted molar refractivity (Wildman–Crippen MR) is 41.3 cm³/mol. The van der Waals surface area contributed by atoms with E-state index in [0.29, 0.717) is 6.08 Å². The lowest BCUT2D eigenvalue weighted by molar-refractivity contribution is 0.00666. The van der Waals surface area contributed by atoms with E-state index in [1.807, 2.05) is 13.8 Å². The molecular weight excluding hydrogens is 134 g/mol. The molecule has 0 amide bonds. The molecule has 0 aromatic rings. The van der Waals surface area contributed by atoms with Crippen LogP contribution in [-0.4, -0.2) is 5.92 Å². The molecule has 0 heterocycles. The van der Waals surface area contributed by atoms with E-state index in [2.05, 4.69) is 6.58 Å². The van der Waals surface area contributed by atoms with E-state index in [1.165, 1.54) is 13.8 Å². The lowest BCUT2D eigenvalue weighted by atomic mass is 10.1. The summed E-state index contributed by atoms with van der Waals surface area (Å²) in [5.74, 6) is -3.33. The second-order valence-electron chi connectivity index (χ2n) is 2.03. The second-order valence-corrected chi connectivity index (χ2v) is 2.03. The van der Waals surface area contributed by atoms with Gasteiger partial charge >= 0.3 is 0 Å². The number of hydrogen-bond acceptors (Lipinski definition) is 0. The van der Waals surface area contributed by atoms with Crippen molar-refractivity contribution in [3.8, 4) is 0 Å². The van der Waals surface area contributed by atoms with Gasteiger partial charge in [0.1, 0.15) is 0 Å². The van der Waals surface area contributed by atoms with Crippen molar-refractivity contribution in [2.45, 2.75) is 33.6 Å². The number of halogens is 2. The van der Waals surface area contributed by atoms with Gasteiger partial charge in [-0.05, 0) is 6.08 Å². The van der Waals surface area contributed by atoms with Crippen LogP contribution in [0.25, 0.3) is 0 Å². The fourth-order valence-corrected chi connectivity index (χ4v) is 0.236. The molecule has 0 aliphatic carbocycles. The maximum absolute atomic E-state index is 12.2. The number of allylic oxidation sites excluding steroid dienone is 1. The Kier molecular flexibility index (Phi) is 6.63. The zero-order valence-corrected chi connectivity index (χ0v) is 7.12. The fraction of sp³-hybridized carbons (Fsp3) is 0.750. The van der Waals surface area contributed by atoms with Crippen LogP contribution >= 0.6 is 0 Å². The molecule has 0 aliphatic heterocycles. The molecule has 0 aliphatic rings. The van der Waals surface area contributed by atoms with E-state index in [9.17, 15) is 8.78 Å². The molecule has 0 unspecified atom stereocenters. The summed E-state index contributed by atoms with van der Waals surface area (Å²) in [7, 11) is 0.